The molecule has 1 aromatic rings. The molecule has 3 N–H and O–H groups in total. The number of benzene rings is 1. The highest BCUT2D eigenvalue weighted by molar-refractivity contribution is 5.97. The van der Waals surface area contributed by atoms with Gasteiger partial charge in [-0.15, -0.1) is 0 Å². The van der Waals surface area contributed by atoms with Crippen molar-refractivity contribution >= 4 is 17.3 Å². The molecule has 6 heteroatoms. The molecule has 0 radical (unpaired) electrons. The van der Waals surface area contributed by atoms with Crippen molar-refractivity contribution in [1.82, 2.24) is 0 Å². The molecule has 0 aliphatic heterocycles. The first-order valence-corrected chi connectivity index (χ1v) is 6.75. The van der Waals surface area contributed by atoms with Gasteiger partial charge in [0.15, 0.2) is 0 Å². The lowest BCUT2D eigenvalue weighted by molar-refractivity contribution is -0.383. The number of amides is 1. The molecule has 0 unspecified atom stereocenters. The summed E-state index contributed by atoms with van der Waals surface area (Å²) < 4.78 is 0. The van der Waals surface area contributed by atoms with Crippen molar-refractivity contribution in [2.75, 3.05) is 11.9 Å². The van der Waals surface area contributed by atoms with Gasteiger partial charge in [0.25, 0.3) is 5.69 Å². The van der Waals surface area contributed by atoms with Gasteiger partial charge in [0.05, 0.1) is 10.3 Å². The van der Waals surface area contributed by atoms with Crippen molar-refractivity contribution in [3.05, 3.63) is 33.9 Å². The van der Waals surface area contributed by atoms with Crippen LogP contribution in [0.3, 0.4) is 0 Å². The molecule has 6 nitrogen and oxygen atoms in total. The van der Waals surface area contributed by atoms with Gasteiger partial charge in [0.2, 0.25) is 5.91 Å². The molecule has 0 bridgehead atoms. The molecule has 1 amide bonds. The Kier molecular flexibility index (Phi) is 4.04. The van der Waals surface area contributed by atoms with Gasteiger partial charge in [-0.1, -0.05) is 18.9 Å². The van der Waals surface area contributed by atoms with E-state index < -0.39 is 10.3 Å². The first-order valence-electron chi connectivity index (χ1n) is 6.75. The zero-order valence-electron chi connectivity index (χ0n) is 11.5. The number of aryl methyl sites for hydroxylation is 1. The van der Waals surface area contributed by atoms with E-state index in [0.29, 0.717) is 0 Å². The highest BCUT2D eigenvalue weighted by atomic mass is 16.6. The topological polar surface area (TPSA) is 98.3 Å². The minimum Gasteiger partial charge on any atom is -0.329 e. The second-order valence-electron chi connectivity index (χ2n) is 5.42. The summed E-state index contributed by atoms with van der Waals surface area (Å²) in [6, 6.07) is 4.69. The Hall–Kier alpha value is -1.95. The highest BCUT2D eigenvalue weighted by Crippen LogP contribution is 2.39. The second kappa shape index (κ2) is 5.58. The molecule has 0 spiro atoms. The maximum absolute atomic E-state index is 12.4. The Morgan fingerprint density at radius 3 is 2.65 bits per heavy atom. The first kappa shape index (κ1) is 14.5. The third-order valence-corrected chi connectivity index (χ3v) is 4.03. The zero-order chi connectivity index (χ0) is 14.8. The van der Waals surface area contributed by atoms with Crippen LogP contribution in [0.15, 0.2) is 18.2 Å². The van der Waals surface area contributed by atoms with Crippen molar-refractivity contribution in [3.63, 3.8) is 0 Å². The summed E-state index contributed by atoms with van der Waals surface area (Å²) in [5, 5.41) is 13.7. The monoisotopic (exact) mass is 277 g/mol. The molecule has 20 heavy (non-hydrogen) atoms. The lowest BCUT2D eigenvalue weighted by Gasteiger charge is -2.25. The summed E-state index contributed by atoms with van der Waals surface area (Å²) in [5.41, 5.74) is 6.21. The van der Waals surface area contributed by atoms with Crippen LogP contribution in [-0.2, 0) is 4.79 Å². The average Bonchev–Trinajstić information content (AvgIpc) is 2.88. The molecule has 1 aliphatic carbocycles. The molecule has 2 rings (SSSR count). The lowest BCUT2D eigenvalue weighted by atomic mass is 9.85. The number of nitrogens with two attached hydrogens (primary N) is 1. The van der Waals surface area contributed by atoms with Gasteiger partial charge in [0, 0.05) is 12.6 Å². The highest BCUT2D eigenvalue weighted by Gasteiger charge is 2.40. The van der Waals surface area contributed by atoms with Gasteiger partial charge in [-0.25, -0.2) is 0 Å². The van der Waals surface area contributed by atoms with E-state index >= 15 is 0 Å². The van der Waals surface area contributed by atoms with Crippen molar-refractivity contribution in [2.24, 2.45) is 11.1 Å². The Bertz CT molecular complexity index is 536. The maximum atomic E-state index is 12.4. The van der Waals surface area contributed by atoms with Crippen molar-refractivity contribution in [2.45, 2.75) is 32.6 Å². The Morgan fingerprint density at radius 2 is 2.10 bits per heavy atom. The third kappa shape index (κ3) is 2.65. The van der Waals surface area contributed by atoms with Crippen molar-refractivity contribution in [3.8, 4) is 0 Å². The van der Waals surface area contributed by atoms with E-state index in [-0.39, 0.29) is 23.8 Å². The van der Waals surface area contributed by atoms with Gasteiger partial charge >= 0.3 is 0 Å². The fourth-order valence-corrected chi connectivity index (χ4v) is 2.74. The molecule has 0 aromatic heterocycles. The van der Waals surface area contributed by atoms with Crippen LogP contribution >= 0.6 is 0 Å². The molecule has 1 aromatic carbocycles. The van der Waals surface area contributed by atoms with Crippen LogP contribution in [0, 0.1) is 22.5 Å². The fourth-order valence-electron chi connectivity index (χ4n) is 2.74. The number of nitro groups is 1. The number of anilines is 1. The normalized spacial score (nSPS) is 16.9. The second-order valence-corrected chi connectivity index (χ2v) is 5.42. The quantitative estimate of drug-likeness (QED) is 0.652. The third-order valence-electron chi connectivity index (χ3n) is 4.03. The number of nitrogens with one attached hydrogen (secondary N) is 1. The van der Waals surface area contributed by atoms with Crippen LogP contribution in [0.5, 0.6) is 0 Å². The van der Waals surface area contributed by atoms with Crippen molar-refractivity contribution in [1.29, 1.82) is 0 Å². The van der Waals surface area contributed by atoms with Crippen LogP contribution in [0.1, 0.15) is 31.2 Å². The number of hydrogen-bond acceptors (Lipinski definition) is 4. The largest absolute Gasteiger partial charge is 0.329 e. The van der Waals surface area contributed by atoms with E-state index in [1.165, 1.54) is 6.07 Å². The summed E-state index contributed by atoms with van der Waals surface area (Å²) in [7, 11) is 0. The van der Waals surface area contributed by atoms with Crippen LogP contribution < -0.4 is 11.1 Å². The molecule has 0 atom stereocenters. The van der Waals surface area contributed by atoms with Crippen LogP contribution in [0.4, 0.5) is 11.4 Å². The molecule has 1 saturated carbocycles. The summed E-state index contributed by atoms with van der Waals surface area (Å²) in [5.74, 6) is -0.203. The van der Waals surface area contributed by atoms with Crippen LogP contribution in [0.25, 0.3) is 0 Å². The summed E-state index contributed by atoms with van der Waals surface area (Å²) in [6.07, 6.45) is 3.44. The molecule has 0 heterocycles. The molecule has 1 fully saturated rings. The standard InChI is InChI=1S/C14H19N3O3/c1-10-4-5-12(17(19)20)11(8-10)16-13(18)14(9-15)6-2-3-7-14/h4-5,8H,2-3,6-7,9,15H2,1H3,(H,16,18). The van der Waals surface area contributed by atoms with Crippen molar-refractivity contribution < 1.29 is 9.72 Å². The number of carbonyl (C=O) groups excluding carboxylic acids is 1. The minimum absolute atomic E-state index is 0.0888. The maximum Gasteiger partial charge on any atom is 0.292 e. The predicted octanol–water partition coefficient (Wildman–Crippen LogP) is 2.36. The number of nitrogens with zero attached hydrogens (tertiary/aromatic N) is 1. The Balaban J connectivity index is 2.27. The van der Waals surface area contributed by atoms with Gasteiger partial charge in [-0.2, -0.15) is 0 Å². The van der Waals surface area contributed by atoms with Crippen LogP contribution in [-0.4, -0.2) is 17.4 Å². The summed E-state index contributed by atoms with van der Waals surface area (Å²) in [6.45, 7) is 2.10. The van der Waals surface area contributed by atoms with E-state index in [2.05, 4.69) is 5.32 Å². The molecule has 0 saturated heterocycles. The van der Waals surface area contributed by atoms with Gasteiger partial charge < -0.3 is 11.1 Å². The SMILES string of the molecule is Cc1ccc([N+](=O)[O-])c(NC(=O)C2(CN)CCCC2)c1. The Morgan fingerprint density at radius 1 is 1.45 bits per heavy atom. The van der Waals surface area contributed by atoms with E-state index in [1.807, 2.05) is 6.92 Å². The van der Waals surface area contributed by atoms with Gasteiger partial charge in [-0.05, 0) is 31.4 Å². The zero-order valence-corrected chi connectivity index (χ0v) is 11.5. The summed E-state index contributed by atoms with van der Waals surface area (Å²) in [4.78, 5) is 23.0. The first-order chi connectivity index (χ1) is 9.48. The minimum atomic E-state index is -0.572. The van der Waals surface area contributed by atoms with E-state index in [4.69, 9.17) is 5.73 Å². The van der Waals surface area contributed by atoms with Gasteiger partial charge in [0.1, 0.15) is 5.69 Å². The van der Waals surface area contributed by atoms with E-state index in [0.717, 1.165) is 31.2 Å². The number of rotatable bonds is 4. The fraction of sp³-hybridized carbons (Fsp3) is 0.500. The van der Waals surface area contributed by atoms with E-state index in [9.17, 15) is 14.9 Å². The Labute approximate surface area is 117 Å². The number of nitro benzene ring substituents is 1. The molecule has 1 aliphatic rings. The number of carbonyl (C=O) groups is 1. The smallest absolute Gasteiger partial charge is 0.292 e. The molecular formula is C14H19N3O3. The molecular weight excluding hydrogens is 258 g/mol. The number of hydrogen-bond donors (Lipinski definition) is 2. The van der Waals surface area contributed by atoms with Gasteiger partial charge in [-0.3, -0.25) is 14.9 Å². The van der Waals surface area contributed by atoms with Crippen LogP contribution in [0.2, 0.25) is 0 Å². The van der Waals surface area contributed by atoms with E-state index in [1.54, 1.807) is 12.1 Å². The molecule has 108 valence electrons. The summed E-state index contributed by atoms with van der Waals surface area (Å²) >= 11 is 0. The predicted molar refractivity (Wildman–Crippen MR) is 76.4 cm³/mol. The lowest BCUT2D eigenvalue weighted by Crippen LogP contribution is -2.40. The average molecular weight is 277 g/mol.